The van der Waals surface area contributed by atoms with Gasteiger partial charge in [-0.05, 0) is 75.1 Å². The molecule has 40 heavy (non-hydrogen) atoms. The van der Waals surface area contributed by atoms with E-state index in [1.807, 2.05) is 76.2 Å². The SMILES string of the molecule is COc1ccc(C(C(=O)NC(C)(C)C)N(CCc2ccccc2C)C(=O)Cn2nnc3ccccc32)cc1OC. The molecule has 1 unspecified atom stereocenters. The summed E-state index contributed by atoms with van der Waals surface area (Å²) in [5.41, 5.74) is 3.77. The highest BCUT2D eigenvalue weighted by Crippen LogP contribution is 2.33. The molecular weight excluding hydrogens is 506 g/mol. The molecule has 210 valence electrons. The third kappa shape index (κ3) is 6.59. The van der Waals surface area contributed by atoms with Crippen molar-refractivity contribution in [3.05, 3.63) is 83.4 Å². The molecule has 0 radical (unpaired) electrons. The van der Waals surface area contributed by atoms with E-state index in [4.69, 9.17) is 9.47 Å². The van der Waals surface area contributed by atoms with Crippen molar-refractivity contribution in [2.75, 3.05) is 20.8 Å². The van der Waals surface area contributed by atoms with Crippen LogP contribution in [0.2, 0.25) is 0 Å². The largest absolute Gasteiger partial charge is 0.493 e. The number of aryl methyl sites for hydroxylation is 1. The topological polar surface area (TPSA) is 98.6 Å². The van der Waals surface area contributed by atoms with Gasteiger partial charge in [0.25, 0.3) is 0 Å². The number of hydrogen-bond acceptors (Lipinski definition) is 6. The first kappa shape index (κ1) is 28.6. The summed E-state index contributed by atoms with van der Waals surface area (Å²) in [6.07, 6.45) is 0.573. The number of carbonyl (C=O) groups excluding carboxylic acids is 2. The van der Waals surface area contributed by atoms with Crippen molar-refractivity contribution in [1.82, 2.24) is 25.2 Å². The van der Waals surface area contributed by atoms with Crippen LogP contribution in [0.15, 0.2) is 66.7 Å². The smallest absolute Gasteiger partial charge is 0.247 e. The molecule has 1 aromatic heterocycles. The van der Waals surface area contributed by atoms with Crippen LogP contribution in [0.3, 0.4) is 0 Å². The van der Waals surface area contributed by atoms with Crippen LogP contribution in [0.5, 0.6) is 11.5 Å². The molecule has 2 amide bonds. The summed E-state index contributed by atoms with van der Waals surface area (Å²) in [6.45, 7) is 8.03. The number of rotatable bonds is 10. The van der Waals surface area contributed by atoms with Gasteiger partial charge in [0.05, 0.1) is 19.7 Å². The number of nitrogens with one attached hydrogen (secondary N) is 1. The lowest BCUT2D eigenvalue weighted by molar-refractivity contribution is -0.142. The van der Waals surface area contributed by atoms with Gasteiger partial charge in [0.2, 0.25) is 11.8 Å². The van der Waals surface area contributed by atoms with Crippen molar-refractivity contribution in [2.45, 2.75) is 52.2 Å². The van der Waals surface area contributed by atoms with E-state index in [0.717, 1.165) is 16.6 Å². The molecule has 3 aromatic carbocycles. The van der Waals surface area contributed by atoms with Gasteiger partial charge in [-0.1, -0.05) is 47.7 Å². The normalized spacial score (nSPS) is 12.2. The van der Waals surface area contributed by atoms with Crippen molar-refractivity contribution in [3.63, 3.8) is 0 Å². The van der Waals surface area contributed by atoms with E-state index < -0.39 is 11.6 Å². The summed E-state index contributed by atoms with van der Waals surface area (Å²) >= 11 is 0. The van der Waals surface area contributed by atoms with Crippen molar-refractivity contribution >= 4 is 22.8 Å². The maximum absolute atomic E-state index is 14.1. The zero-order chi connectivity index (χ0) is 28.9. The number of nitrogens with zero attached hydrogens (tertiary/aromatic N) is 4. The van der Waals surface area contributed by atoms with Gasteiger partial charge in [-0.2, -0.15) is 0 Å². The maximum atomic E-state index is 14.1. The van der Waals surface area contributed by atoms with Gasteiger partial charge in [0.1, 0.15) is 18.1 Å². The van der Waals surface area contributed by atoms with Crippen LogP contribution in [0.1, 0.15) is 43.5 Å². The second kappa shape index (κ2) is 12.2. The highest BCUT2D eigenvalue weighted by molar-refractivity contribution is 5.89. The van der Waals surface area contributed by atoms with Gasteiger partial charge in [-0.3, -0.25) is 9.59 Å². The Bertz CT molecular complexity index is 1490. The summed E-state index contributed by atoms with van der Waals surface area (Å²) in [5.74, 6) is 0.463. The fourth-order valence-corrected chi connectivity index (χ4v) is 4.72. The van der Waals surface area contributed by atoms with Crippen molar-refractivity contribution in [3.8, 4) is 11.5 Å². The Morgan fingerprint density at radius 3 is 2.38 bits per heavy atom. The molecule has 1 atom stereocenters. The van der Waals surface area contributed by atoms with Crippen LogP contribution in [0.4, 0.5) is 0 Å². The fourth-order valence-electron chi connectivity index (χ4n) is 4.72. The Morgan fingerprint density at radius 2 is 1.68 bits per heavy atom. The Morgan fingerprint density at radius 1 is 0.975 bits per heavy atom. The average molecular weight is 544 g/mol. The predicted octanol–water partition coefficient (Wildman–Crippen LogP) is 4.48. The third-order valence-corrected chi connectivity index (χ3v) is 6.69. The Balaban J connectivity index is 1.78. The first-order chi connectivity index (χ1) is 19.1. The number of amides is 2. The van der Waals surface area contributed by atoms with E-state index in [0.29, 0.717) is 35.5 Å². The minimum atomic E-state index is -0.926. The number of aromatic nitrogens is 3. The van der Waals surface area contributed by atoms with Crippen molar-refractivity contribution < 1.29 is 19.1 Å². The first-order valence-electron chi connectivity index (χ1n) is 13.3. The van der Waals surface area contributed by atoms with Gasteiger partial charge >= 0.3 is 0 Å². The molecule has 0 aliphatic carbocycles. The van der Waals surface area contributed by atoms with Crippen molar-refractivity contribution in [2.24, 2.45) is 0 Å². The maximum Gasteiger partial charge on any atom is 0.247 e. The highest BCUT2D eigenvalue weighted by atomic mass is 16.5. The molecule has 0 bridgehead atoms. The molecule has 0 aliphatic heterocycles. The van der Waals surface area contributed by atoms with E-state index in [-0.39, 0.29) is 18.4 Å². The summed E-state index contributed by atoms with van der Waals surface area (Å²) < 4.78 is 12.5. The fraction of sp³-hybridized carbons (Fsp3) is 0.355. The number of carbonyl (C=O) groups is 2. The van der Waals surface area contributed by atoms with Crippen LogP contribution < -0.4 is 14.8 Å². The zero-order valence-corrected chi connectivity index (χ0v) is 24.0. The molecule has 4 aromatic rings. The number of methoxy groups -OCH3 is 2. The standard InChI is InChI=1S/C31H37N5O4/c1-21-11-7-8-12-22(21)17-18-35(28(37)20-36-25-14-10-9-13-24(25)33-34-36)29(30(38)32-31(2,3)4)23-15-16-26(39-5)27(19-23)40-6/h7-16,19,29H,17-18,20H2,1-6H3,(H,32,38). The van der Waals surface area contributed by atoms with Crippen molar-refractivity contribution in [1.29, 1.82) is 0 Å². The van der Waals surface area contributed by atoms with E-state index in [1.54, 1.807) is 42.0 Å². The molecule has 0 fully saturated rings. The zero-order valence-electron chi connectivity index (χ0n) is 24.0. The Kier molecular flexibility index (Phi) is 8.72. The number of fused-ring (bicyclic) bond motifs is 1. The van der Waals surface area contributed by atoms with Gasteiger partial charge in [-0.25, -0.2) is 4.68 Å². The summed E-state index contributed by atoms with van der Waals surface area (Å²) in [7, 11) is 3.10. The average Bonchev–Trinajstić information content (AvgIpc) is 3.33. The molecule has 0 aliphatic rings. The molecule has 0 spiro atoms. The van der Waals surface area contributed by atoms with Crippen LogP contribution in [0.25, 0.3) is 11.0 Å². The van der Waals surface area contributed by atoms with E-state index in [2.05, 4.69) is 15.6 Å². The van der Waals surface area contributed by atoms with Gasteiger partial charge in [0, 0.05) is 12.1 Å². The van der Waals surface area contributed by atoms with Crippen LogP contribution >= 0.6 is 0 Å². The summed E-state index contributed by atoms with van der Waals surface area (Å²) in [6, 6.07) is 19.9. The Hall–Kier alpha value is -4.40. The monoisotopic (exact) mass is 543 g/mol. The second-order valence-electron chi connectivity index (χ2n) is 10.8. The lowest BCUT2D eigenvalue weighted by Gasteiger charge is -2.34. The number of hydrogen-bond donors (Lipinski definition) is 1. The molecule has 1 heterocycles. The van der Waals surface area contributed by atoms with E-state index in [1.165, 1.54) is 0 Å². The van der Waals surface area contributed by atoms with Gasteiger partial charge in [0.15, 0.2) is 11.5 Å². The minimum absolute atomic E-state index is 0.0686. The lowest BCUT2D eigenvalue weighted by atomic mass is 9.99. The predicted molar refractivity (Wildman–Crippen MR) is 154 cm³/mol. The van der Waals surface area contributed by atoms with Crippen LogP contribution in [-0.2, 0) is 22.6 Å². The molecule has 9 nitrogen and oxygen atoms in total. The highest BCUT2D eigenvalue weighted by Gasteiger charge is 2.34. The molecular formula is C31H37N5O4. The van der Waals surface area contributed by atoms with E-state index in [9.17, 15) is 9.59 Å². The molecule has 0 saturated carbocycles. The molecule has 4 rings (SSSR count). The lowest BCUT2D eigenvalue weighted by Crippen LogP contribution is -2.50. The second-order valence-corrected chi connectivity index (χ2v) is 10.8. The first-order valence-corrected chi connectivity index (χ1v) is 13.3. The number of ether oxygens (including phenoxy) is 2. The number of para-hydroxylation sites is 1. The Labute approximate surface area is 235 Å². The van der Waals surface area contributed by atoms with Crippen LogP contribution in [-0.4, -0.2) is 58.0 Å². The van der Waals surface area contributed by atoms with Gasteiger partial charge < -0.3 is 19.7 Å². The third-order valence-electron chi connectivity index (χ3n) is 6.69. The molecule has 0 saturated heterocycles. The molecule has 9 heteroatoms. The summed E-state index contributed by atoms with van der Waals surface area (Å²) in [4.78, 5) is 29.7. The van der Waals surface area contributed by atoms with Gasteiger partial charge in [-0.15, -0.1) is 5.10 Å². The molecule has 1 N–H and O–H groups in total. The summed E-state index contributed by atoms with van der Waals surface area (Å²) in [5, 5.41) is 11.5. The quantitative estimate of drug-likeness (QED) is 0.317. The minimum Gasteiger partial charge on any atom is -0.493 e. The van der Waals surface area contributed by atoms with E-state index >= 15 is 0 Å². The van der Waals surface area contributed by atoms with Crippen LogP contribution in [0, 0.1) is 6.92 Å². The number of benzene rings is 3.